The molecule has 18 heavy (non-hydrogen) atoms. The van der Waals surface area contributed by atoms with E-state index in [4.69, 9.17) is 0 Å². The van der Waals surface area contributed by atoms with Crippen molar-refractivity contribution in [2.24, 2.45) is 0 Å². The Bertz CT molecular complexity index is 551. The number of aromatic nitrogens is 2. The van der Waals surface area contributed by atoms with Crippen LogP contribution in [0.1, 0.15) is 25.2 Å². The molecular weight excluding hydrogens is 310 g/mol. The Balaban J connectivity index is 2.59. The van der Waals surface area contributed by atoms with Gasteiger partial charge in [0.2, 0.25) is 0 Å². The molecule has 3 nitrogen and oxygen atoms in total. The zero-order chi connectivity index (χ0) is 13.1. The van der Waals surface area contributed by atoms with E-state index >= 15 is 0 Å². The number of hydrogen-bond acceptors (Lipinski definition) is 4. The molecule has 0 radical (unpaired) electrons. The number of aryl methyl sites for hydroxylation is 1. The molecule has 0 aliphatic rings. The summed E-state index contributed by atoms with van der Waals surface area (Å²) in [6.07, 6.45) is 0.842. The highest BCUT2D eigenvalue weighted by Crippen LogP contribution is 2.35. The van der Waals surface area contributed by atoms with Gasteiger partial charge in [-0.2, -0.15) is 0 Å². The van der Waals surface area contributed by atoms with Crippen LogP contribution in [0.25, 0.3) is 10.6 Å². The molecule has 0 aliphatic carbocycles. The summed E-state index contributed by atoms with van der Waals surface area (Å²) in [5.41, 5.74) is 2.14. The molecule has 0 spiro atoms. The fraction of sp³-hybridized carbons (Fsp3) is 0.385. The van der Waals surface area contributed by atoms with Gasteiger partial charge in [-0.3, -0.25) is 0 Å². The van der Waals surface area contributed by atoms with E-state index in [2.05, 4.69) is 63.4 Å². The molecule has 0 amide bonds. The first kappa shape index (κ1) is 13.5. The summed E-state index contributed by atoms with van der Waals surface area (Å²) < 4.78 is 1.10. The first-order valence-corrected chi connectivity index (χ1v) is 7.69. The molecule has 0 unspecified atom stereocenters. The minimum absolute atomic E-state index is 0.842. The minimum Gasteiger partial charge on any atom is -0.370 e. The third-order valence-corrected chi connectivity index (χ3v) is 4.53. The zero-order valence-corrected chi connectivity index (χ0v) is 13.2. The number of rotatable bonds is 4. The van der Waals surface area contributed by atoms with Gasteiger partial charge in [0.05, 0.1) is 10.6 Å². The Morgan fingerprint density at radius 3 is 2.67 bits per heavy atom. The van der Waals surface area contributed by atoms with E-state index in [1.807, 2.05) is 0 Å². The Morgan fingerprint density at radius 1 is 1.33 bits per heavy atom. The molecule has 2 rings (SSSR count). The van der Waals surface area contributed by atoms with Gasteiger partial charge in [-0.15, -0.1) is 11.3 Å². The van der Waals surface area contributed by atoms with Crippen LogP contribution in [0.2, 0.25) is 0 Å². The Morgan fingerprint density at radius 2 is 2.11 bits per heavy atom. The van der Waals surface area contributed by atoms with Crippen LogP contribution in [0.5, 0.6) is 0 Å². The topological polar surface area (TPSA) is 37.8 Å². The van der Waals surface area contributed by atoms with E-state index in [0.29, 0.717) is 0 Å². The Labute approximate surface area is 120 Å². The van der Waals surface area contributed by atoms with Gasteiger partial charge in [0.15, 0.2) is 0 Å². The van der Waals surface area contributed by atoms with Crippen LogP contribution in [0.3, 0.4) is 0 Å². The number of thiophene rings is 1. The lowest BCUT2D eigenvalue weighted by molar-refractivity contribution is 0.931. The summed E-state index contributed by atoms with van der Waals surface area (Å²) in [6.45, 7) is 7.09. The van der Waals surface area contributed by atoms with Crippen molar-refractivity contribution in [1.29, 1.82) is 0 Å². The predicted molar refractivity (Wildman–Crippen MR) is 81.3 cm³/mol. The third kappa shape index (κ3) is 2.57. The van der Waals surface area contributed by atoms with Gasteiger partial charge in [-0.05, 0) is 41.2 Å². The molecule has 0 aliphatic heterocycles. The van der Waals surface area contributed by atoms with Crippen molar-refractivity contribution in [3.63, 3.8) is 0 Å². The van der Waals surface area contributed by atoms with E-state index in [9.17, 15) is 0 Å². The predicted octanol–water partition coefficient (Wildman–Crippen LogP) is 4.27. The molecule has 0 saturated carbocycles. The van der Waals surface area contributed by atoms with Crippen molar-refractivity contribution in [3.05, 3.63) is 27.3 Å². The van der Waals surface area contributed by atoms with Crippen LogP contribution in [0, 0.1) is 6.92 Å². The fourth-order valence-electron chi connectivity index (χ4n) is 1.74. The van der Waals surface area contributed by atoms with Crippen molar-refractivity contribution >= 4 is 33.1 Å². The zero-order valence-electron chi connectivity index (χ0n) is 10.7. The maximum absolute atomic E-state index is 4.67. The van der Waals surface area contributed by atoms with Crippen molar-refractivity contribution in [2.45, 2.75) is 27.2 Å². The molecule has 1 N–H and O–H groups in total. The molecule has 0 bridgehead atoms. The van der Waals surface area contributed by atoms with E-state index in [-0.39, 0.29) is 0 Å². The highest BCUT2D eigenvalue weighted by Gasteiger charge is 2.14. The van der Waals surface area contributed by atoms with Crippen LogP contribution >= 0.6 is 27.3 Å². The second-order valence-corrected chi connectivity index (χ2v) is 5.71. The van der Waals surface area contributed by atoms with E-state index in [1.165, 1.54) is 4.88 Å². The van der Waals surface area contributed by atoms with Gasteiger partial charge in [-0.25, -0.2) is 9.97 Å². The van der Waals surface area contributed by atoms with Gasteiger partial charge < -0.3 is 5.32 Å². The van der Waals surface area contributed by atoms with Crippen molar-refractivity contribution in [2.75, 3.05) is 11.9 Å². The largest absolute Gasteiger partial charge is 0.370 e. The maximum atomic E-state index is 4.67. The lowest BCUT2D eigenvalue weighted by Gasteiger charge is -2.12. The second kappa shape index (κ2) is 5.80. The molecule has 0 aromatic carbocycles. The lowest BCUT2D eigenvalue weighted by Crippen LogP contribution is -2.07. The number of nitrogens with zero attached hydrogens (tertiary/aromatic N) is 2. The summed E-state index contributed by atoms with van der Waals surface area (Å²) in [7, 11) is 0. The van der Waals surface area contributed by atoms with Gasteiger partial charge in [0.1, 0.15) is 11.6 Å². The van der Waals surface area contributed by atoms with Crippen molar-refractivity contribution in [1.82, 2.24) is 9.97 Å². The molecule has 0 fully saturated rings. The smallest absolute Gasteiger partial charge is 0.133 e. The van der Waals surface area contributed by atoms with Crippen LogP contribution < -0.4 is 5.32 Å². The van der Waals surface area contributed by atoms with Gasteiger partial charge in [0.25, 0.3) is 0 Å². The molecule has 0 saturated heterocycles. The number of anilines is 1. The van der Waals surface area contributed by atoms with Crippen LogP contribution in [-0.4, -0.2) is 16.5 Å². The highest BCUT2D eigenvalue weighted by molar-refractivity contribution is 9.10. The number of hydrogen-bond donors (Lipinski definition) is 1. The average Bonchev–Trinajstić information content (AvgIpc) is 2.78. The standard InChI is InChI=1S/C13H16BrN3S/c1-4-10-16-11(12-9(14)6-7-18-12)8(3)13(17-10)15-5-2/h6-7H,4-5H2,1-3H3,(H,15,16,17). The monoisotopic (exact) mass is 325 g/mol. The molecule has 2 aromatic heterocycles. The van der Waals surface area contributed by atoms with Crippen molar-refractivity contribution < 1.29 is 0 Å². The molecule has 2 heterocycles. The lowest BCUT2D eigenvalue weighted by atomic mass is 10.2. The average molecular weight is 326 g/mol. The SMILES string of the molecule is CCNc1nc(CC)nc(-c2sccc2Br)c1C. The minimum atomic E-state index is 0.842. The van der Waals surface area contributed by atoms with Gasteiger partial charge >= 0.3 is 0 Å². The van der Waals surface area contributed by atoms with Gasteiger partial charge in [0, 0.05) is 23.0 Å². The van der Waals surface area contributed by atoms with E-state index in [1.54, 1.807) is 11.3 Å². The summed E-state index contributed by atoms with van der Waals surface area (Å²) >= 11 is 5.27. The van der Waals surface area contributed by atoms with Gasteiger partial charge in [-0.1, -0.05) is 6.92 Å². The second-order valence-electron chi connectivity index (χ2n) is 3.94. The summed E-state index contributed by atoms with van der Waals surface area (Å²) in [4.78, 5) is 10.4. The number of halogens is 1. The third-order valence-electron chi connectivity index (χ3n) is 2.68. The first-order chi connectivity index (χ1) is 8.67. The fourth-order valence-corrected chi connectivity index (χ4v) is 3.35. The quantitative estimate of drug-likeness (QED) is 0.912. The Hall–Kier alpha value is -0.940. The molecule has 0 atom stereocenters. The van der Waals surface area contributed by atoms with Crippen LogP contribution in [0.15, 0.2) is 15.9 Å². The molecular formula is C13H16BrN3S. The summed E-state index contributed by atoms with van der Waals surface area (Å²) in [6, 6.07) is 2.06. The van der Waals surface area contributed by atoms with E-state index in [0.717, 1.165) is 40.3 Å². The van der Waals surface area contributed by atoms with Crippen LogP contribution in [-0.2, 0) is 6.42 Å². The number of nitrogens with one attached hydrogen (secondary N) is 1. The summed E-state index contributed by atoms with van der Waals surface area (Å²) in [5, 5.41) is 5.38. The first-order valence-electron chi connectivity index (χ1n) is 6.02. The molecule has 96 valence electrons. The molecule has 2 aromatic rings. The Kier molecular flexibility index (Phi) is 4.35. The molecule has 5 heteroatoms. The van der Waals surface area contributed by atoms with Crippen LogP contribution in [0.4, 0.5) is 5.82 Å². The summed E-state index contributed by atoms with van der Waals surface area (Å²) in [5.74, 6) is 1.83. The normalized spacial score (nSPS) is 10.7. The highest BCUT2D eigenvalue weighted by atomic mass is 79.9. The maximum Gasteiger partial charge on any atom is 0.133 e. The van der Waals surface area contributed by atoms with E-state index < -0.39 is 0 Å². The van der Waals surface area contributed by atoms with Crippen molar-refractivity contribution in [3.8, 4) is 10.6 Å².